The second-order valence-corrected chi connectivity index (χ2v) is 8.09. The van der Waals surface area contributed by atoms with Crippen LogP contribution >= 0.6 is 0 Å². The molecule has 0 aliphatic carbocycles. The van der Waals surface area contributed by atoms with Crippen LogP contribution in [0, 0.1) is 0 Å². The number of unbranched alkanes of at least 4 members (excludes halogenated alkanes) is 1. The summed E-state index contributed by atoms with van der Waals surface area (Å²) in [6.45, 7) is 2.80. The Hall–Kier alpha value is -1.40. The van der Waals surface area contributed by atoms with Gasteiger partial charge < -0.3 is 4.74 Å². The van der Waals surface area contributed by atoms with Crippen LogP contribution in [-0.2, 0) is 20.4 Å². The van der Waals surface area contributed by atoms with E-state index in [1.54, 1.807) is 10.4 Å². The molecule has 1 aromatic carbocycles. The topological polar surface area (TPSA) is 63.7 Å². The van der Waals surface area contributed by atoms with E-state index in [-0.39, 0.29) is 11.7 Å². The van der Waals surface area contributed by atoms with Gasteiger partial charge in [0.2, 0.25) is 10.0 Å². The minimum absolute atomic E-state index is 0.201. The van der Waals surface area contributed by atoms with Crippen molar-refractivity contribution in [1.29, 1.82) is 0 Å². The second-order valence-electron chi connectivity index (χ2n) is 6.00. The zero-order valence-corrected chi connectivity index (χ0v) is 13.6. The van der Waals surface area contributed by atoms with Crippen LogP contribution in [-0.4, -0.2) is 37.5 Å². The molecule has 1 aromatic rings. The molecule has 0 unspecified atom stereocenters. The molecule has 22 heavy (non-hydrogen) atoms. The molecule has 2 aliphatic heterocycles. The quantitative estimate of drug-likeness (QED) is 0.798. The van der Waals surface area contributed by atoms with Crippen LogP contribution in [0.2, 0.25) is 0 Å². The first-order valence-corrected chi connectivity index (χ1v) is 9.40. The molecule has 5 nitrogen and oxygen atoms in total. The summed E-state index contributed by atoms with van der Waals surface area (Å²) in [6, 6.07) is 7.41. The van der Waals surface area contributed by atoms with Crippen LogP contribution < -0.4 is 0 Å². The molecule has 0 aromatic heterocycles. The summed E-state index contributed by atoms with van der Waals surface area (Å²) in [6.07, 6.45) is 2.60. The van der Waals surface area contributed by atoms with Crippen LogP contribution in [0.5, 0.6) is 0 Å². The molecule has 6 heteroatoms. The third kappa shape index (κ3) is 2.54. The fourth-order valence-electron chi connectivity index (χ4n) is 3.30. The molecule has 1 fully saturated rings. The molecule has 0 radical (unpaired) electrons. The van der Waals surface area contributed by atoms with Crippen LogP contribution in [0.3, 0.4) is 0 Å². The Morgan fingerprint density at radius 3 is 2.59 bits per heavy atom. The van der Waals surface area contributed by atoms with E-state index in [0.717, 1.165) is 12.0 Å². The first-order valence-electron chi connectivity index (χ1n) is 7.79. The van der Waals surface area contributed by atoms with Crippen LogP contribution in [0.1, 0.15) is 48.5 Å². The van der Waals surface area contributed by atoms with Crippen LogP contribution in [0.4, 0.5) is 0 Å². The average Bonchev–Trinajstić information content (AvgIpc) is 2.79. The second kappa shape index (κ2) is 5.66. The number of carbonyl (C=O) groups is 1. The van der Waals surface area contributed by atoms with Crippen LogP contribution in [0.15, 0.2) is 24.3 Å². The molecular formula is C16H21NO4S. The molecule has 0 N–H and O–H groups in total. The van der Waals surface area contributed by atoms with Crippen molar-refractivity contribution in [3.05, 3.63) is 35.4 Å². The Balaban J connectivity index is 1.77. The summed E-state index contributed by atoms with van der Waals surface area (Å²) in [4.78, 5) is 12.0. The highest BCUT2D eigenvalue weighted by molar-refractivity contribution is 7.89. The van der Waals surface area contributed by atoms with Crippen molar-refractivity contribution < 1.29 is 17.9 Å². The maximum Gasteiger partial charge on any atom is 0.339 e. The number of ether oxygens (including phenoxy) is 1. The molecular weight excluding hydrogens is 302 g/mol. The summed E-state index contributed by atoms with van der Waals surface area (Å²) in [5.41, 5.74) is 0.889. The Kier molecular flexibility index (Phi) is 3.99. The van der Waals surface area contributed by atoms with E-state index in [2.05, 4.69) is 0 Å². The first-order chi connectivity index (χ1) is 10.5. The molecule has 2 heterocycles. The average molecular weight is 323 g/mol. The van der Waals surface area contributed by atoms with Gasteiger partial charge in [0, 0.05) is 31.5 Å². The highest BCUT2D eigenvalue weighted by atomic mass is 32.2. The molecule has 0 amide bonds. The SMILES string of the molecule is CCCCS(=O)(=O)N1CCC2(CC1)OC(=O)c1ccccc12. The Bertz CT molecular complexity index is 675. The normalized spacial score (nSPS) is 20.9. The molecule has 1 saturated heterocycles. The Morgan fingerprint density at radius 1 is 1.23 bits per heavy atom. The zero-order valence-electron chi connectivity index (χ0n) is 12.7. The van der Waals surface area contributed by atoms with Gasteiger partial charge in [-0.1, -0.05) is 31.5 Å². The highest BCUT2D eigenvalue weighted by Crippen LogP contribution is 2.44. The van der Waals surface area contributed by atoms with Crippen molar-refractivity contribution in [1.82, 2.24) is 4.31 Å². The summed E-state index contributed by atoms with van der Waals surface area (Å²) in [5.74, 6) is -0.0924. The number of hydrogen-bond acceptors (Lipinski definition) is 4. The van der Waals surface area contributed by atoms with Gasteiger partial charge in [-0.3, -0.25) is 0 Å². The summed E-state index contributed by atoms with van der Waals surface area (Å²) in [5, 5.41) is 0. The van der Waals surface area contributed by atoms with E-state index in [4.69, 9.17) is 4.74 Å². The van der Waals surface area contributed by atoms with E-state index in [0.29, 0.717) is 37.9 Å². The highest BCUT2D eigenvalue weighted by Gasteiger charge is 2.48. The molecule has 0 saturated carbocycles. The monoisotopic (exact) mass is 323 g/mol. The smallest absolute Gasteiger partial charge is 0.339 e. The number of nitrogens with zero attached hydrogens (tertiary/aromatic N) is 1. The molecule has 3 rings (SSSR count). The minimum atomic E-state index is -3.19. The van der Waals surface area contributed by atoms with Crippen molar-refractivity contribution in [3.63, 3.8) is 0 Å². The number of piperidine rings is 1. The van der Waals surface area contributed by atoms with Gasteiger partial charge >= 0.3 is 5.97 Å². The first kappa shape index (κ1) is 15.5. The van der Waals surface area contributed by atoms with Crippen molar-refractivity contribution >= 4 is 16.0 Å². The zero-order chi connectivity index (χ0) is 15.8. The van der Waals surface area contributed by atoms with Crippen LogP contribution in [0.25, 0.3) is 0 Å². The summed E-state index contributed by atoms with van der Waals surface area (Å²) >= 11 is 0. The van der Waals surface area contributed by atoms with Gasteiger partial charge in [0.15, 0.2) is 0 Å². The predicted octanol–water partition coefficient (Wildman–Crippen LogP) is 2.28. The summed E-state index contributed by atoms with van der Waals surface area (Å²) < 4.78 is 31.7. The molecule has 120 valence electrons. The number of hydrogen-bond donors (Lipinski definition) is 0. The van der Waals surface area contributed by atoms with E-state index in [1.165, 1.54) is 0 Å². The van der Waals surface area contributed by atoms with Gasteiger partial charge in [-0.15, -0.1) is 0 Å². The van der Waals surface area contributed by atoms with E-state index < -0.39 is 15.6 Å². The number of benzene rings is 1. The Morgan fingerprint density at radius 2 is 1.91 bits per heavy atom. The number of esters is 1. The van der Waals surface area contributed by atoms with Gasteiger partial charge in [-0.25, -0.2) is 17.5 Å². The molecule has 0 atom stereocenters. The van der Waals surface area contributed by atoms with Gasteiger partial charge in [-0.05, 0) is 12.5 Å². The molecule has 1 spiro atoms. The molecule has 0 bridgehead atoms. The fraction of sp³-hybridized carbons (Fsp3) is 0.562. The minimum Gasteiger partial charge on any atom is -0.450 e. The third-order valence-corrected chi connectivity index (χ3v) is 6.56. The van der Waals surface area contributed by atoms with Crippen molar-refractivity contribution in [3.8, 4) is 0 Å². The maximum atomic E-state index is 12.3. The van der Waals surface area contributed by atoms with E-state index >= 15 is 0 Å². The number of rotatable bonds is 4. The lowest BCUT2D eigenvalue weighted by Gasteiger charge is -2.37. The largest absolute Gasteiger partial charge is 0.450 e. The van der Waals surface area contributed by atoms with Gasteiger partial charge in [-0.2, -0.15) is 0 Å². The van der Waals surface area contributed by atoms with Crippen molar-refractivity contribution in [2.75, 3.05) is 18.8 Å². The molecule has 2 aliphatic rings. The predicted molar refractivity (Wildman–Crippen MR) is 83.0 cm³/mol. The van der Waals surface area contributed by atoms with Gasteiger partial charge in [0.05, 0.1) is 11.3 Å². The van der Waals surface area contributed by atoms with Gasteiger partial charge in [0.1, 0.15) is 5.60 Å². The number of sulfonamides is 1. The maximum absolute atomic E-state index is 12.3. The lowest BCUT2D eigenvalue weighted by molar-refractivity contribution is -0.0329. The van der Waals surface area contributed by atoms with Crippen molar-refractivity contribution in [2.45, 2.75) is 38.2 Å². The number of fused-ring (bicyclic) bond motifs is 2. The van der Waals surface area contributed by atoms with Crippen molar-refractivity contribution in [2.24, 2.45) is 0 Å². The van der Waals surface area contributed by atoms with Gasteiger partial charge in [0.25, 0.3) is 0 Å². The Labute approximate surface area is 131 Å². The van der Waals surface area contributed by atoms with E-state index in [1.807, 2.05) is 25.1 Å². The lowest BCUT2D eigenvalue weighted by Crippen LogP contribution is -2.46. The van der Waals surface area contributed by atoms with E-state index in [9.17, 15) is 13.2 Å². The summed E-state index contributed by atoms with van der Waals surface area (Å²) in [7, 11) is -3.19. The lowest BCUT2D eigenvalue weighted by atomic mass is 9.84. The third-order valence-electron chi connectivity index (χ3n) is 4.61. The fourth-order valence-corrected chi connectivity index (χ4v) is 4.95. The standard InChI is InChI=1S/C16H21NO4S/c1-2-3-12-22(19,20)17-10-8-16(9-11-17)14-7-5-4-6-13(14)15(18)21-16/h4-7H,2-3,8-12H2,1H3. The number of carbonyl (C=O) groups excluding carboxylic acids is 1.